The lowest BCUT2D eigenvalue weighted by molar-refractivity contribution is -0.138. The van der Waals surface area contributed by atoms with Crippen LogP contribution in [0.25, 0.3) is 0 Å². The largest absolute Gasteiger partial charge is 0.506 e. The Morgan fingerprint density at radius 1 is 1.67 bits per heavy atom. The number of aryl methyl sites for hydroxylation is 1. The number of benzene rings is 1. The number of halogens is 2. The number of carboxylic acid groups (broad SMARTS) is 1. The van der Waals surface area contributed by atoms with Crippen molar-refractivity contribution in [3.63, 3.8) is 0 Å². The summed E-state index contributed by atoms with van der Waals surface area (Å²) in [6, 6.07) is -0.232. The number of aliphatic carboxylic acids is 1. The second kappa shape index (κ2) is 4.16. The summed E-state index contributed by atoms with van der Waals surface area (Å²) in [6.45, 7) is 1.46. The molecular weight excluding hydrogens is 269 g/mol. The third kappa shape index (κ3) is 2.10. The highest BCUT2D eigenvalue weighted by molar-refractivity contribution is 9.10. The molecule has 1 atom stereocenters. The zero-order valence-corrected chi connectivity index (χ0v) is 9.38. The van der Waals surface area contributed by atoms with E-state index in [1.54, 1.807) is 0 Å². The number of carboxylic acids is 1. The van der Waals surface area contributed by atoms with Crippen molar-refractivity contribution in [1.82, 2.24) is 0 Å². The third-order valence-electron chi connectivity index (χ3n) is 1.98. The Hall–Kier alpha value is -1.14. The van der Waals surface area contributed by atoms with E-state index in [0.29, 0.717) is 0 Å². The number of rotatable bonds is 2. The number of hydrogen-bond donors (Lipinski definition) is 3. The minimum atomic E-state index is -1.58. The van der Waals surface area contributed by atoms with Gasteiger partial charge in [0.2, 0.25) is 0 Å². The van der Waals surface area contributed by atoms with Gasteiger partial charge in [0.05, 0.1) is 10.0 Å². The fraction of sp³-hybridized carbons (Fsp3) is 0.222. The Kier molecular flexibility index (Phi) is 3.31. The summed E-state index contributed by atoms with van der Waals surface area (Å²) >= 11 is 2.98. The number of hydrogen-bond acceptors (Lipinski definition) is 3. The molecule has 1 aromatic carbocycles. The van der Waals surface area contributed by atoms with Crippen LogP contribution in [0.5, 0.6) is 5.75 Å². The van der Waals surface area contributed by atoms with Gasteiger partial charge in [-0.1, -0.05) is 0 Å². The summed E-state index contributed by atoms with van der Waals surface area (Å²) in [6.07, 6.45) is 0. The topological polar surface area (TPSA) is 83.5 Å². The molecule has 6 heteroatoms. The van der Waals surface area contributed by atoms with Crippen LogP contribution in [0.15, 0.2) is 10.5 Å². The van der Waals surface area contributed by atoms with Crippen LogP contribution < -0.4 is 5.73 Å². The first kappa shape index (κ1) is 11.9. The van der Waals surface area contributed by atoms with Crippen LogP contribution in [-0.4, -0.2) is 16.2 Å². The van der Waals surface area contributed by atoms with E-state index in [-0.39, 0.29) is 10.0 Å². The minimum Gasteiger partial charge on any atom is -0.506 e. The lowest BCUT2D eigenvalue weighted by atomic mass is 10.0. The molecule has 0 heterocycles. The summed E-state index contributed by atoms with van der Waals surface area (Å²) in [5.74, 6) is -2.68. The van der Waals surface area contributed by atoms with E-state index in [9.17, 15) is 14.3 Å². The van der Waals surface area contributed by atoms with Gasteiger partial charge in [0.15, 0.2) is 0 Å². The molecular formula is C9H9BrFNO3. The maximum Gasteiger partial charge on any atom is 0.325 e. The molecule has 0 amide bonds. The maximum atomic E-state index is 13.5. The Morgan fingerprint density at radius 2 is 2.20 bits per heavy atom. The van der Waals surface area contributed by atoms with E-state index in [4.69, 9.17) is 10.8 Å². The molecule has 0 bridgehead atoms. The summed E-state index contributed by atoms with van der Waals surface area (Å²) in [5.41, 5.74) is 5.06. The first-order valence-corrected chi connectivity index (χ1v) is 4.81. The number of carbonyl (C=O) groups is 1. The highest BCUT2D eigenvalue weighted by atomic mass is 79.9. The van der Waals surface area contributed by atoms with Gasteiger partial charge in [-0.15, -0.1) is 0 Å². The third-order valence-corrected chi connectivity index (χ3v) is 2.59. The molecule has 0 spiro atoms. The maximum absolute atomic E-state index is 13.5. The van der Waals surface area contributed by atoms with Crippen LogP contribution in [0.1, 0.15) is 17.2 Å². The Labute approximate surface area is 93.6 Å². The van der Waals surface area contributed by atoms with Crippen LogP contribution in [0.3, 0.4) is 0 Å². The highest BCUT2D eigenvalue weighted by Gasteiger charge is 2.25. The van der Waals surface area contributed by atoms with Gasteiger partial charge in [-0.05, 0) is 34.5 Å². The van der Waals surface area contributed by atoms with E-state index in [1.165, 1.54) is 13.0 Å². The van der Waals surface area contributed by atoms with Crippen molar-refractivity contribution in [2.24, 2.45) is 5.73 Å². The number of phenols is 1. The summed E-state index contributed by atoms with van der Waals surface area (Å²) in [5, 5.41) is 18.1. The molecule has 1 aromatic rings. The van der Waals surface area contributed by atoms with Crippen LogP contribution in [-0.2, 0) is 4.79 Å². The summed E-state index contributed by atoms with van der Waals surface area (Å²) < 4.78 is 13.7. The Balaban J connectivity index is 3.45. The van der Waals surface area contributed by atoms with E-state index < -0.39 is 29.1 Å². The van der Waals surface area contributed by atoms with Crippen LogP contribution in [0.4, 0.5) is 4.39 Å². The number of nitrogens with two attached hydrogens (primary N) is 1. The molecule has 4 nitrogen and oxygen atoms in total. The van der Waals surface area contributed by atoms with Crippen molar-refractivity contribution in [2.75, 3.05) is 0 Å². The first-order chi connectivity index (χ1) is 6.86. The fourth-order valence-electron chi connectivity index (χ4n) is 1.17. The van der Waals surface area contributed by atoms with E-state index in [0.717, 1.165) is 0 Å². The van der Waals surface area contributed by atoms with Gasteiger partial charge in [0.25, 0.3) is 0 Å². The zero-order chi connectivity index (χ0) is 11.7. The van der Waals surface area contributed by atoms with Gasteiger partial charge >= 0.3 is 5.97 Å². The molecule has 0 saturated heterocycles. The average molecular weight is 278 g/mol. The molecule has 1 rings (SSSR count). The summed E-state index contributed by atoms with van der Waals surface area (Å²) in [4.78, 5) is 10.6. The zero-order valence-electron chi connectivity index (χ0n) is 7.79. The lowest BCUT2D eigenvalue weighted by Crippen LogP contribution is -2.22. The van der Waals surface area contributed by atoms with Crippen molar-refractivity contribution in [2.45, 2.75) is 13.0 Å². The van der Waals surface area contributed by atoms with Gasteiger partial charge in [0, 0.05) is 0 Å². The predicted molar refractivity (Wildman–Crippen MR) is 55.1 cm³/mol. The second-order valence-corrected chi connectivity index (χ2v) is 3.92. The molecule has 4 N–H and O–H groups in total. The lowest BCUT2D eigenvalue weighted by Gasteiger charge is -2.13. The Morgan fingerprint density at radius 3 is 2.67 bits per heavy atom. The van der Waals surface area contributed by atoms with Crippen molar-refractivity contribution < 1.29 is 19.4 Å². The monoisotopic (exact) mass is 277 g/mol. The molecule has 0 saturated carbocycles. The molecule has 82 valence electrons. The number of aromatic hydroxyl groups is 1. The van der Waals surface area contributed by atoms with Crippen LogP contribution in [0.2, 0.25) is 0 Å². The number of phenolic OH excluding ortho intramolecular Hbond substituents is 1. The van der Waals surface area contributed by atoms with Gasteiger partial charge in [-0.2, -0.15) is 0 Å². The molecule has 15 heavy (non-hydrogen) atoms. The molecule has 0 aliphatic carbocycles. The average Bonchev–Trinajstić information content (AvgIpc) is 2.15. The van der Waals surface area contributed by atoms with E-state index >= 15 is 0 Å². The van der Waals surface area contributed by atoms with E-state index in [2.05, 4.69) is 15.9 Å². The predicted octanol–water partition coefficient (Wildman–Crippen LogP) is 1.69. The Bertz CT molecular complexity index is 396. The van der Waals surface area contributed by atoms with Crippen molar-refractivity contribution in [1.29, 1.82) is 0 Å². The van der Waals surface area contributed by atoms with Crippen LogP contribution in [0, 0.1) is 12.7 Å². The minimum absolute atomic E-state index is 0.214. The van der Waals surface area contributed by atoms with Crippen molar-refractivity contribution in [3.05, 3.63) is 27.5 Å². The van der Waals surface area contributed by atoms with Gasteiger partial charge < -0.3 is 15.9 Å². The molecule has 0 radical (unpaired) electrons. The van der Waals surface area contributed by atoms with Crippen molar-refractivity contribution >= 4 is 21.9 Å². The molecule has 0 aliphatic rings. The standard InChI is InChI=1S/C9H9BrFNO3/c1-3-2-4(10)8(13)5(6(3)11)7(12)9(14)15/h2,7,13H,12H2,1H3,(H,14,15). The normalized spacial score (nSPS) is 12.5. The van der Waals surface area contributed by atoms with Gasteiger partial charge in [-0.3, -0.25) is 4.79 Å². The highest BCUT2D eigenvalue weighted by Crippen LogP contribution is 2.35. The first-order valence-electron chi connectivity index (χ1n) is 4.02. The SMILES string of the molecule is Cc1cc(Br)c(O)c(C(N)C(=O)O)c1F. The van der Waals surface area contributed by atoms with Gasteiger partial charge in [-0.25, -0.2) is 4.39 Å². The van der Waals surface area contributed by atoms with Gasteiger partial charge in [0.1, 0.15) is 17.6 Å². The molecule has 0 aliphatic heterocycles. The fourth-order valence-corrected chi connectivity index (χ4v) is 1.73. The van der Waals surface area contributed by atoms with Crippen molar-refractivity contribution in [3.8, 4) is 5.75 Å². The summed E-state index contributed by atoms with van der Waals surface area (Å²) in [7, 11) is 0. The second-order valence-electron chi connectivity index (χ2n) is 3.07. The molecule has 0 aromatic heterocycles. The molecule has 1 unspecified atom stereocenters. The molecule has 0 fully saturated rings. The van der Waals surface area contributed by atoms with E-state index in [1.807, 2.05) is 0 Å². The smallest absolute Gasteiger partial charge is 0.325 e. The van der Waals surface area contributed by atoms with Crippen LogP contribution >= 0.6 is 15.9 Å². The quantitative estimate of drug-likeness (QED) is 0.768.